The van der Waals surface area contributed by atoms with Crippen molar-refractivity contribution < 1.29 is 9.84 Å². The third-order valence-electron chi connectivity index (χ3n) is 3.22. The van der Waals surface area contributed by atoms with Crippen molar-refractivity contribution in [3.05, 3.63) is 58.1 Å². The van der Waals surface area contributed by atoms with E-state index in [9.17, 15) is 5.11 Å². The summed E-state index contributed by atoms with van der Waals surface area (Å²) < 4.78 is 6.29. The fourth-order valence-electron chi connectivity index (χ4n) is 1.99. The molecule has 0 fully saturated rings. The Labute approximate surface area is 127 Å². The van der Waals surface area contributed by atoms with Gasteiger partial charge in [0.2, 0.25) is 0 Å². The van der Waals surface area contributed by atoms with Crippen molar-refractivity contribution in [1.82, 2.24) is 5.32 Å². The summed E-state index contributed by atoms with van der Waals surface area (Å²) in [5, 5.41) is 12.9. The molecule has 2 aromatic rings. The molecule has 4 heteroatoms. The highest BCUT2D eigenvalue weighted by molar-refractivity contribution is 9.10. The summed E-state index contributed by atoms with van der Waals surface area (Å²) in [6.07, 6.45) is 0. The molecule has 2 aromatic carbocycles. The number of benzene rings is 2. The molecule has 0 aliphatic heterocycles. The quantitative estimate of drug-likeness (QED) is 0.867. The van der Waals surface area contributed by atoms with Gasteiger partial charge in [-0.15, -0.1) is 0 Å². The fraction of sp³-hybridized carbons (Fsp3) is 0.250. The van der Waals surface area contributed by atoms with Crippen molar-refractivity contribution in [1.29, 1.82) is 0 Å². The van der Waals surface area contributed by atoms with Crippen LogP contribution in [0.15, 0.2) is 46.9 Å². The van der Waals surface area contributed by atoms with Gasteiger partial charge in [0.05, 0.1) is 7.11 Å². The Morgan fingerprint density at radius 1 is 1.25 bits per heavy atom. The van der Waals surface area contributed by atoms with Crippen LogP contribution in [0.4, 0.5) is 0 Å². The van der Waals surface area contributed by atoms with Gasteiger partial charge in [0.15, 0.2) is 0 Å². The van der Waals surface area contributed by atoms with Gasteiger partial charge in [-0.3, -0.25) is 0 Å². The molecular weight excluding hydrogens is 318 g/mol. The van der Waals surface area contributed by atoms with E-state index in [2.05, 4.69) is 28.2 Å². The van der Waals surface area contributed by atoms with Crippen LogP contribution in [0.2, 0.25) is 0 Å². The number of hydrogen-bond acceptors (Lipinski definition) is 3. The topological polar surface area (TPSA) is 41.5 Å². The molecule has 3 nitrogen and oxygen atoms in total. The van der Waals surface area contributed by atoms with E-state index in [1.54, 1.807) is 19.2 Å². The summed E-state index contributed by atoms with van der Waals surface area (Å²) >= 11 is 3.54. The van der Waals surface area contributed by atoms with Crippen LogP contribution < -0.4 is 10.1 Å². The molecule has 2 N–H and O–H groups in total. The van der Waals surface area contributed by atoms with Gasteiger partial charge in [0.1, 0.15) is 11.5 Å². The molecule has 106 valence electrons. The highest BCUT2D eigenvalue weighted by Crippen LogP contribution is 2.24. The minimum atomic E-state index is 0.153. The van der Waals surface area contributed by atoms with Crippen molar-refractivity contribution >= 4 is 15.9 Å². The number of ether oxygens (including phenoxy) is 1. The Morgan fingerprint density at radius 2 is 2.05 bits per heavy atom. The predicted octanol–water partition coefficient (Wildman–Crippen LogP) is 4.01. The van der Waals surface area contributed by atoms with Crippen molar-refractivity contribution in [2.24, 2.45) is 0 Å². The molecule has 20 heavy (non-hydrogen) atoms. The van der Waals surface area contributed by atoms with Crippen molar-refractivity contribution in [3.8, 4) is 11.5 Å². The number of hydrogen-bond donors (Lipinski definition) is 2. The van der Waals surface area contributed by atoms with Gasteiger partial charge in [-0.2, -0.15) is 0 Å². The monoisotopic (exact) mass is 335 g/mol. The molecule has 0 aliphatic carbocycles. The van der Waals surface area contributed by atoms with E-state index in [4.69, 9.17) is 4.74 Å². The summed E-state index contributed by atoms with van der Waals surface area (Å²) in [5.74, 6) is 1.13. The van der Waals surface area contributed by atoms with E-state index in [1.807, 2.05) is 30.3 Å². The lowest BCUT2D eigenvalue weighted by atomic mass is 10.1. The Morgan fingerprint density at radius 3 is 2.75 bits per heavy atom. The van der Waals surface area contributed by atoms with Crippen molar-refractivity contribution in [2.45, 2.75) is 19.5 Å². The van der Waals surface area contributed by atoms with Gasteiger partial charge in [-0.1, -0.05) is 28.1 Å². The van der Waals surface area contributed by atoms with E-state index in [0.29, 0.717) is 12.3 Å². The van der Waals surface area contributed by atoms with Crippen molar-refractivity contribution in [3.63, 3.8) is 0 Å². The van der Waals surface area contributed by atoms with Crippen LogP contribution >= 0.6 is 15.9 Å². The summed E-state index contributed by atoms with van der Waals surface area (Å²) in [7, 11) is 1.66. The Hall–Kier alpha value is -1.52. The van der Waals surface area contributed by atoms with E-state index in [-0.39, 0.29) is 6.04 Å². The molecule has 0 saturated heterocycles. The minimum absolute atomic E-state index is 0.153. The smallest absolute Gasteiger partial charge is 0.119 e. The SMILES string of the molecule is COc1ccc(Br)c(CNC(C)c2cccc(O)c2)c1. The Bertz CT molecular complexity index is 586. The molecule has 0 saturated carbocycles. The van der Waals surface area contributed by atoms with E-state index in [1.165, 1.54) is 0 Å². The third-order valence-corrected chi connectivity index (χ3v) is 4.00. The highest BCUT2D eigenvalue weighted by Gasteiger charge is 2.07. The minimum Gasteiger partial charge on any atom is -0.508 e. The third kappa shape index (κ3) is 3.74. The van der Waals surface area contributed by atoms with Gasteiger partial charge in [0, 0.05) is 17.1 Å². The van der Waals surface area contributed by atoms with Crippen LogP contribution in [0.1, 0.15) is 24.1 Å². The number of halogens is 1. The fourth-order valence-corrected chi connectivity index (χ4v) is 2.38. The average Bonchev–Trinajstić information content (AvgIpc) is 2.46. The number of phenolic OH excluding ortho intramolecular Hbond substituents is 1. The zero-order valence-corrected chi connectivity index (χ0v) is 13.1. The Kier molecular flexibility index (Phi) is 5.04. The maximum absolute atomic E-state index is 9.51. The lowest BCUT2D eigenvalue weighted by molar-refractivity contribution is 0.413. The van der Waals surface area contributed by atoms with Gasteiger partial charge < -0.3 is 15.2 Å². The maximum Gasteiger partial charge on any atom is 0.119 e. The number of phenols is 1. The number of methoxy groups -OCH3 is 1. The molecule has 0 aromatic heterocycles. The molecule has 0 radical (unpaired) electrons. The molecule has 1 atom stereocenters. The second-order valence-electron chi connectivity index (χ2n) is 4.65. The summed E-state index contributed by atoms with van der Waals surface area (Å²) in [4.78, 5) is 0. The van der Waals surface area contributed by atoms with Gasteiger partial charge in [-0.05, 0) is 48.4 Å². The summed E-state index contributed by atoms with van der Waals surface area (Å²) in [5.41, 5.74) is 2.19. The van der Waals surface area contributed by atoms with Crippen molar-refractivity contribution in [2.75, 3.05) is 7.11 Å². The first-order valence-corrected chi connectivity index (χ1v) is 7.24. The van der Waals surface area contributed by atoms with Gasteiger partial charge >= 0.3 is 0 Å². The van der Waals surface area contributed by atoms with Gasteiger partial charge in [-0.25, -0.2) is 0 Å². The first-order chi connectivity index (χ1) is 9.60. The molecular formula is C16H18BrNO2. The van der Waals surface area contributed by atoms with Crippen LogP contribution in [0, 0.1) is 0 Å². The zero-order valence-electron chi connectivity index (χ0n) is 11.6. The molecule has 2 rings (SSSR count). The summed E-state index contributed by atoms with van der Waals surface area (Å²) in [6.45, 7) is 2.79. The number of nitrogens with one attached hydrogen (secondary N) is 1. The average molecular weight is 336 g/mol. The predicted molar refractivity (Wildman–Crippen MR) is 84.1 cm³/mol. The molecule has 0 bridgehead atoms. The van der Waals surface area contributed by atoms with Crippen LogP contribution in [0.25, 0.3) is 0 Å². The highest BCUT2D eigenvalue weighted by atomic mass is 79.9. The first-order valence-electron chi connectivity index (χ1n) is 6.45. The molecule has 0 aliphatic rings. The van der Waals surface area contributed by atoms with E-state index < -0.39 is 0 Å². The van der Waals surface area contributed by atoms with Gasteiger partial charge in [0.25, 0.3) is 0 Å². The van der Waals surface area contributed by atoms with Crippen LogP contribution in [0.3, 0.4) is 0 Å². The lowest BCUT2D eigenvalue weighted by Crippen LogP contribution is -2.18. The maximum atomic E-state index is 9.51. The Balaban J connectivity index is 2.05. The molecule has 0 spiro atoms. The molecule has 0 heterocycles. The van der Waals surface area contributed by atoms with Crippen LogP contribution in [-0.2, 0) is 6.54 Å². The first kappa shape index (κ1) is 14.9. The molecule has 0 amide bonds. The second-order valence-corrected chi connectivity index (χ2v) is 5.51. The zero-order chi connectivity index (χ0) is 14.5. The second kappa shape index (κ2) is 6.77. The van der Waals surface area contributed by atoms with E-state index in [0.717, 1.165) is 21.3 Å². The molecule has 1 unspecified atom stereocenters. The number of aromatic hydroxyl groups is 1. The largest absolute Gasteiger partial charge is 0.508 e. The standard InChI is InChI=1S/C16H18BrNO2/c1-11(12-4-3-5-14(19)8-12)18-10-13-9-15(20-2)6-7-16(13)17/h3-9,11,18-19H,10H2,1-2H3. The normalized spacial score (nSPS) is 12.2. The van der Waals surface area contributed by atoms with E-state index >= 15 is 0 Å². The number of rotatable bonds is 5. The van der Waals surface area contributed by atoms with Crippen LogP contribution in [0.5, 0.6) is 11.5 Å². The summed E-state index contributed by atoms with van der Waals surface area (Å²) in [6, 6.07) is 13.4. The lowest BCUT2D eigenvalue weighted by Gasteiger charge is -2.15. The van der Waals surface area contributed by atoms with Crippen LogP contribution in [-0.4, -0.2) is 12.2 Å².